The molecular formula is C17H23BrFNO2. The second-order valence-corrected chi connectivity index (χ2v) is 7.70. The van der Waals surface area contributed by atoms with Crippen LogP contribution in [0.25, 0.3) is 0 Å². The summed E-state index contributed by atoms with van der Waals surface area (Å²) in [7, 11) is 0. The Morgan fingerprint density at radius 3 is 2.55 bits per heavy atom. The predicted octanol–water partition coefficient (Wildman–Crippen LogP) is 5.27. The Bertz CT molecular complexity index is 536. The van der Waals surface area contributed by atoms with Gasteiger partial charge in [0, 0.05) is 16.1 Å². The molecular weight excluding hydrogens is 349 g/mol. The molecule has 22 heavy (non-hydrogen) atoms. The summed E-state index contributed by atoms with van der Waals surface area (Å²) < 4.78 is 20.3. The topological polar surface area (TPSA) is 29.5 Å². The summed E-state index contributed by atoms with van der Waals surface area (Å²) in [6, 6.07) is 5.07. The zero-order valence-corrected chi connectivity index (χ0v) is 15.0. The zero-order valence-electron chi connectivity index (χ0n) is 13.4. The number of rotatable bonds is 3. The van der Waals surface area contributed by atoms with Crippen molar-refractivity contribution in [2.24, 2.45) is 0 Å². The largest absolute Gasteiger partial charge is 0.444 e. The van der Waals surface area contributed by atoms with Crippen molar-refractivity contribution < 1.29 is 13.9 Å². The minimum absolute atomic E-state index is 0.137. The van der Waals surface area contributed by atoms with Crippen LogP contribution in [0.3, 0.4) is 0 Å². The smallest absolute Gasteiger partial charge is 0.410 e. The van der Waals surface area contributed by atoms with Crippen molar-refractivity contribution in [3.05, 3.63) is 34.1 Å². The first-order chi connectivity index (χ1) is 10.3. The molecule has 0 heterocycles. The van der Waals surface area contributed by atoms with Gasteiger partial charge in [0.25, 0.3) is 0 Å². The number of hydrogen-bond donors (Lipinski definition) is 0. The Hall–Kier alpha value is -1.10. The summed E-state index contributed by atoms with van der Waals surface area (Å²) in [5.74, 6) is -0.305. The Morgan fingerprint density at radius 2 is 2.00 bits per heavy atom. The van der Waals surface area contributed by atoms with E-state index in [0.29, 0.717) is 10.0 Å². The number of ether oxygens (including phenoxy) is 1. The highest BCUT2D eigenvalue weighted by atomic mass is 79.9. The standard InChI is InChI=1S/C17H23BrFNO2/c1-17(2,3)22-16(21)20(14-6-4-5-7-14)11-12-8-9-13(18)10-15(12)19/h8-10,14H,4-7,11H2,1-3H3. The van der Waals surface area contributed by atoms with E-state index < -0.39 is 5.60 Å². The second-order valence-electron chi connectivity index (χ2n) is 6.78. The van der Waals surface area contributed by atoms with Crippen molar-refractivity contribution in [1.82, 2.24) is 4.90 Å². The maximum atomic E-state index is 14.1. The minimum Gasteiger partial charge on any atom is -0.444 e. The highest BCUT2D eigenvalue weighted by Gasteiger charge is 2.30. The molecule has 1 saturated carbocycles. The molecule has 1 fully saturated rings. The third-order valence-corrected chi connectivity index (χ3v) is 4.24. The number of amides is 1. The van der Waals surface area contributed by atoms with E-state index in [1.54, 1.807) is 17.0 Å². The first kappa shape index (κ1) is 17.3. The van der Waals surface area contributed by atoms with Gasteiger partial charge < -0.3 is 9.64 Å². The number of hydrogen-bond acceptors (Lipinski definition) is 2. The number of carbonyl (C=O) groups is 1. The fraction of sp³-hybridized carbons (Fsp3) is 0.588. The molecule has 0 spiro atoms. The normalized spacial score (nSPS) is 15.9. The molecule has 0 aliphatic heterocycles. The van der Waals surface area contributed by atoms with Gasteiger partial charge in [0.2, 0.25) is 0 Å². The van der Waals surface area contributed by atoms with Crippen molar-refractivity contribution >= 4 is 22.0 Å². The van der Waals surface area contributed by atoms with Crippen molar-refractivity contribution in [2.75, 3.05) is 0 Å². The summed E-state index contributed by atoms with van der Waals surface area (Å²) in [6.45, 7) is 5.78. The van der Waals surface area contributed by atoms with Gasteiger partial charge in [-0.05, 0) is 45.7 Å². The van der Waals surface area contributed by atoms with E-state index in [9.17, 15) is 9.18 Å². The Morgan fingerprint density at radius 1 is 1.36 bits per heavy atom. The minimum atomic E-state index is -0.549. The zero-order chi connectivity index (χ0) is 16.3. The van der Waals surface area contributed by atoms with Crippen LogP contribution in [-0.4, -0.2) is 22.6 Å². The van der Waals surface area contributed by atoms with E-state index in [0.717, 1.165) is 25.7 Å². The van der Waals surface area contributed by atoms with Crippen molar-refractivity contribution in [3.63, 3.8) is 0 Å². The highest BCUT2D eigenvalue weighted by molar-refractivity contribution is 9.10. The molecule has 1 aromatic rings. The van der Waals surface area contributed by atoms with E-state index in [1.807, 2.05) is 20.8 Å². The molecule has 5 heteroatoms. The van der Waals surface area contributed by atoms with Crippen LogP contribution in [0, 0.1) is 5.82 Å². The van der Waals surface area contributed by atoms with E-state index in [4.69, 9.17) is 4.74 Å². The number of halogens is 2. The number of carbonyl (C=O) groups excluding carboxylic acids is 1. The lowest BCUT2D eigenvalue weighted by Crippen LogP contribution is -2.42. The van der Waals surface area contributed by atoms with Crippen molar-refractivity contribution in [2.45, 2.75) is 64.6 Å². The van der Waals surface area contributed by atoms with Gasteiger partial charge in [-0.15, -0.1) is 0 Å². The van der Waals surface area contributed by atoms with Crippen molar-refractivity contribution in [1.29, 1.82) is 0 Å². The fourth-order valence-electron chi connectivity index (χ4n) is 2.71. The molecule has 0 aromatic heterocycles. The Kier molecular flexibility index (Phi) is 5.48. The lowest BCUT2D eigenvalue weighted by Gasteiger charge is -2.31. The monoisotopic (exact) mass is 371 g/mol. The molecule has 0 unspecified atom stereocenters. The molecule has 1 aliphatic carbocycles. The quantitative estimate of drug-likeness (QED) is 0.724. The predicted molar refractivity (Wildman–Crippen MR) is 88.1 cm³/mol. The molecule has 0 atom stereocenters. The van der Waals surface area contributed by atoms with Crippen LogP contribution in [0.4, 0.5) is 9.18 Å². The summed E-state index contributed by atoms with van der Waals surface area (Å²) in [5.41, 5.74) is -0.0346. The lowest BCUT2D eigenvalue weighted by molar-refractivity contribution is 0.0143. The Labute approximate surface area is 140 Å². The first-order valence-electron chi connectivity index (χ1n) is 7.70. The summed E-state index contributed by atoms with van der Waals surface area (Å²) in [6.07, 6.45) is 3.76. The summed E-state index contributed by atoms with van der Waals surface area (Å²) in [4.78, 5) is 14.2. The second kappa shape index (κ2) is 6.99. The van der Waals surface area contributed by atoms with E-state index in [-0.39, 0.29) is 24.5 Å². The molecule has 0 radical (unpaired) electrons. The molecule has 1 aromatic carbocycles. The Balaban J connectivity index is 2.18. The van der Waals surface area contributed by atoms with E-state index >= 15 is 0 Å². The van der Waals surface area contributed by atoms with Crippen LogP contribution >= 0.6 is 15.9 Å². The number of nitrogens with zero attached hydrogens (tertiary/aromatic N) is 1. The molecule has 1 aliphatic rings. The molecule has 122 valence electrons. The van der Waals surface area contributed by atoms with Gasteiger partial charge >= 0.3 is 6.09 Å². The first-order valence-corrected chi connectivity index (χ1v) is 8.49. The molecule has 3 nitrogen and oxygen atoms in total. The van der Waals surface area contributed by atoms with Gasteiger partial charge in [-0.2, -0.15) is 0 Å². The summed E-state index contributed by atoms with van der Waals surface area (Å²) >= 11 is 3.25. The van der Waals surface area contributed by atoms with Crippen LogP contribution < -0.4 is 0 Å². The van der Waals surface area contributed by atoms with Gasteiger partial charge in [0.1, 0.15) is 11.4 Å². The third kappa shape index (κ3) is 4.70. The highest BCUT2D eigenvalue weighted by Crippen LogP contribution is 2.27. The van der Waals surface area contributed by atoms with Gasteiger partial charge in [-0.25, -0.2) is 9.18 Å². The van der Waals surface area contributed by atoms with Gasteiger partial charge in [0.15, 0.2) is 0 Å². The lowest BCUT2D eigenvalue weighted by atomic mass is 10.1. The van der Waals surface area contributed by atoms with Crippen molar-refractivity contribution in [3.8, 4) is 0 Å². The molecule has 2 rings (SSSR count). The average Bonchev–Trinajstić information content (AvgIpc) is 2.89. The molecule has 1 amide bonds. The van der Waals surface area contributed by atoms with Crippen LogP contribution in [0.15, 0.2) is 22.7 Å². The van der Waals surface area contributed by atoms with Crippen LogP contribution in [0.5, 0.6) is 0 Å². The summed E-state index contributed by atoms with van der Waals surface area (Å²) in [5, 5.41) is 0. The molecule has 0 N–H and O–H groups in total. The average molecular weight is 372 g/mol. The maximum absolute atomic E-state index is 14.1. The maximum Gasteiger partial charge on any atom is 0.410 e. The van der Waals surface area contributed by atoms with Crippen LogP contribution in [0.1, 0.15) is 52.0 Å². The van der Waals surface area contributed by atoms with Crippen LogP contribution in [-0.2, 0) is 11.3 Å². The van der Waals surface area contributed by atoms with Gasteiger partial charge in [0.05, 0.1) is 6.54 Å². The molecule has 0 bridgehead atoms. The molecule has 0 saturated heterocycles. The third-order valence-electron chi connectivity index (χ3n) is 3.75. The number of benzene rings is 1. The fourth-order valence-corrected chi connectivity index (χ4v) is 3.05. The SMILES string of the molecule is CC(C)(C)OC(=O)N(Cc1ccc(Br)cc1F)C1CCCC1. The van der Waals surface area contributed by atoms with E-state index in [2.05, 4.69) is 15.9 Å². The van der Waals surface area contributed by atoms with E-state index in [1.165, 1.54) is 6.07 Å². The van der Waals surface area contributed by atoms with Gasteiger partial charge in [-0.3, -0.25) is 0 Å². The van der Waals surface area contributed by atoms with Crippen LogP contribution in [0.2, 0.25) is 0 Å². The van der Waals surface area contributed by atoms with Gasteiger partial charge in [-0.1, -0.05) is 34.8 Å².